The highest BCUT2D eigenvalue weighted by molar-refractivity contribution is 7.99. The van der Waals surface area contributed by atoms with Gasteiger partial charge in [0.25, 0.3) is 0 Å². The zero-order valence-corrected chi connectivity index (χ0v) is 23.1. The predicted molar refractivity (Wildman–Crippen MR) is 150 cm³/mol. The molecule has 11 heteroatoms. The topological polar surface area (TPSA) is 123 Å². The number of hydrogen-bond acceptors (Lipinski definition) is 11. The Morgan fingerprint density at radius 1 is 1.10 bits per heavy atom. The van der Waals surface area contributed by atoms with E-state index in [9.17, 15) is 5.11 Å². The molecule has 0 radical (unpaired) electrons. The van der Waals surface area contributed by atoms with Gasteiger partial charge in [0.15, 0.2) is 17.4 Å². The molecule has 2 atom stereocenters. The monoisotopic (exact) mass is 559 g/mol. The molecule has 3 aromatic rings. The van der Waals surface area contributed by atoms with Gasteiger partial charge in [-0.3, -0.25) is 4.98 Å². The van der Waals surface area contributed by atoms with Crippen molar-refractivity contribution in [1.29, 1.82) is 0 Å². The molecule has 2 spiro atoms. The number of anilines is 2. The van der Waals surface area contributed by atoms with Crippen LogP contribution in [-0.4, -0.2) is 70.5 Å². The first kappa shape index (κ1) is 24.8. The second-order valence-electron chi connectivity index (χ2n) is 12.0. The van der Waals surface area contributed by atoms with Crippen LogP contribution >= 0.6 is 11.8 Å². The molecule has 8 rings (SSSR count). The maximum atomic E-state index is 10.3. The second-order valence-corrected chi connectivity index (χ2v) is 13.1. The molecule has 40 heavy (non-hydrogen) atoms. The summed E-state index contributed by atoms with van der Waals surface area (Å²) in [6.07, 6.45) is 9.44. The molecule has 1 aliphatic carbocycles. The fourth-order valence-electron chi connectivity index (χ4n) is 7.42. The van der Waals surface area contributed by atoms with E-state index in [0.29, 0.717) is 18.3 Å². The standard InChI is InChI=1S/C29H33N7O3S/c30-25-19-2-1-6-31-20(19)11-29(25)4-8-35(9-5-29)26-21(13-37)34-23(12-33-26)40-22-3-7-32-27-24(22)39-14-18-10-28(15-36(18)27)16-38-17-28/h1-3,6-7,12,18,25,37H,4-5,8-11,13-17,30H2/t18?,25-/m1/s1. The van der Waals surface area contributed by atoms with Crippen LogP contribution in [0.2, 0.25) is 0 Å². The van der Waals surface area contributed by atoms with Gasteiger partial charge in [0.2, 0.25) is 0 Å². The Morgan fingerprint density at radius 3 is 2.75 bits per heavy atom. The first-order valence-electron chi connectivity index (χ1n) is 14.1. The van der Waals surface area contributed by atoms with Gasteiger partial charge < -0.3 is 30.1 Å². The van der Waals surface area contributed by atoms with E-state index in [1.54, 1.807) is 6.20 Å². The van der Waals surface area contributed by atoms with Crippen LogP contribution in [0.5, 0.6) is 5.75 Å². The van der Waals surface area contributed by atoms with Gasteiger partial charge in [-0.15, -0.1) is 0 Å². The zero-order valence-electron chi connectivity index (χ0n) is 22.3. The number of hydrogen-bond donors (Lipinski definition) is 2. The van der Waals surface area contributed by atoms with Gasteiger partial charge in [-0.05, 0) is 48.8 Å². The van der Waals surface area contributed by atoms with E-state index < -0.39 is 0 Å². The lowest BCUT2D eigenvalue weighted by atomic mass is 9.73. The Labute approximate surface area is 237 Å². The molecular formula is C29H33N7O3S. The molecule has 4 aliphatic heterocycles. The number of aliphatic hydroxyl groups excluding tert-OH is 1. The molecule has 3 fully saturated rings. The number of pyridine rings is 2. The maximum absolute atomic E-state index is 10.3. The maximum Gasteiger partial charge on any atom is 0.175 e. The Kier molecular flexibility index (Phi) is 5.74. The molecule has 7 heterocycles. The summed E-state index contributed by atoms with van der Waals surface area (Å²) in [4.78, 5) is 24.5. The Balaban J connectivity index is 0.994. The zero-order chi connectivity index (χ0) is 26.9. The van der Waals surface area contributed by atoms with Crippen LogP contribution in [0.1, 0.15) is 42.3 Å². The van der Waals surface area contributed by atoms with Crippen LogP contribution in [0.4, 0.5) is 11.6 Å². The second kappa shape index (κ2) is 9.27. The summed E-state index contributed by atoms with van der Waals surface area (Å²) in [5.74, 6) is 2.47. The third-order valence-electron chi connectivity index (χ3n) is 9.64. The molecule has 3 saturated heterocycles. The van der Waals surface area contributed by atoms with Crippen molar-refractivity contribution in [2.75, 3.05) is 49.3 Å². The van der Waals surface area contributed by atoms with Crippen molar-refractivity contribution in [3.05, 3.63) is 53.7 Å². The highest BCUT2D eigenvalue weighted by Crippen LogP contribution is 2.51. The molecule has 0 saturated carbocycles. The molecule has 208 valence electrons. The summed E-state index contributed by atoms with van der Waals surface area (Å²) in [5, 5.41) is 11.0. The molecule has 0 aromatic carbocycles. The number of piperidine rings is 1. The van der Waals surface area contributed by atoms with Crippen molar-refractivity contribution < 1.29 is 14.6 Å². The van der Waals surface area contributed by atoms with Gasteiger partial charge in [-0.1, -0.05) is 17.8 Å². The normalized spacial score (nSPS) is 25.4. The van der Waals surface area contributed by atoms with E-state index in [4.69, 9.17) is 30.2 Å². The molecule has 0 amide bonds. The molecule has 3 N–H and O–H groups in total. The van der Waals surface area contributed by atoms with Crippen LogP contribution in [0, 0.1) is 10.8 Å². The SMILES string of the molecule is N[C@@H]1c2cccnc2CC12CCN(c1ncc(Sc3ccnc4c3OCC3CC5(COC5)CN43)nc1CO)CC2. The van der Waals surface area contributed by atoms with E-state index in [2.05, 4.69) is 20.9 Å². The van der Waals surface area contributed by atoms with Gasteiger partial charge in [-0.25, -0.2) is 15.0 Å². The van der Waals surface area contributed by atoms with Gasteiger partial charge in [-0.2, -0.15) is 0 Å². The van der Waals surface area contributed by atoms with E-state index in [1.165, 1.54) is 17.3 Å². The summed E-state index contributed by atoms with van der Waals surface area (Å²) < 4.78 is 11.8. The Bertz CT molecular complexity index is 1460. The van der Waals surface area contributed by atoms with Gasteiger partial charge in [0.05, 0.1) is 37.0 Å². The first-order chi connectivity index (χ1) is 19.6. The lowest BCUT2D eigenvalue weighted by Crippen LogP contribution is -2.45. The van der Waals surface area contributed by atoms with Crippen LogP contribution in [0.15, 0.2) is 46.7 Å². The highest BCUT2D eigenvalue weighted by Gasteiger charge is 2.52. The molecule has 0 bridgehead atoms. The van der Waals surface area contributed by atoms with Gasteiger partial charge in [0.1, 0.15) is 17.3 Å². The average Bonchev–Trinajstić information content (AvgIpc) is 3.51. The third kappa shape index (κ3) is 3.82. The number of aliphatic hydroxyl groups is 1. The number of fused-ring (bicyclic) bond motifs is 4. The van der Waals surface area contributed by atoms with E-state index in [0.717, 1.165) is 91.5 Å². The number of aromatic nitrogens is 4. The molecule has 1 unspecified atom stereocenters. The fraction of sp³-hybridized carbons (Fsp3) is 0.517. The first-order valence-corrected chi connectivity index (χ1v) is 14.9. The van der Waals surface area contributed by atoms with Gasteiger partial charge in [0, 0.05) is 49.2 Å². The highest BCUT2D eigenvalue weighted by atomic mass is 32.2. The average molecular weight is 560 g/mol. The van der Waals surface area contributed by atoms with Crippen LogP contribution in [0.25, 0.3) is 0 Å². The number of ether oxygens (including phenoxy) is 2. The minimum absolute atomic E-state index is 0.0115. The summed E-state index contributed by atoms with van der Waals surface area (Å²) in [6, 6.07) is 6.42. The minimum atomic E-state index is -0.169. The predicted octanol–water partition coefficient (Wildman–Crippen LogP) is 2.74. The largest absolute Gasteiger partial charge is 0.486 e. The van der Waals surface area contributed by atoms with Crippen molar-refractivity contribution in [2.24, 2.45) is 16.6 Å². The number of nitrogens with two attached hydrogens (primary N) is 1. The van der Waals surface area contributed by atoms with Crippen LogP contribution in [-0.2, 0) is 17.8 Å². The third-order valence-corrected chi connectivity index (χ3v) is 10.6. The van der Waals surface area contributed by atoms with Crippen molar-refractivity contribution in [1.82, 2.24) is 19.9 Å². The van der Waals surface area contributed by atoms with Crippen molar-refractivity contribution in [3.8, 4) is 5.75 Å². The van der Waals surface area contributed by atoms with E-state index in [1.807, 2.05) is 24.5 Å². The number of nitrogens with zero attached hydrogens (tertiary/aromatic N) is 6. The van der Waals surface area contributed by atoms with Crippen LogP contribution < -0.4 is 20.3 Å². The van der Waals surface area contributed by atoms with Crippen molar-refractivity contribution in [2.45, 2.75) is 54.3 Å². The van der Waals surface area contributed by atoms with E-state index >= 15 is 0 Å². The van der Waals surface area contributed by atoms with E-state index in [-0.39, 0.29) is 23.5 Å². The molecule has 10 nitrogen and oxygen atoms in total. The molecule has 5 aliphatic rings. The smallest absolute Gasteiger partial charge is 0.175 e. The lowest BCUT2D eigenvalue weighted by Gasteiger charge is -2.42. The summed E-state index contributed by atoms with van der Waals surface area (Å²) in [7, 11) is 0. The van der Waals surface area contributed by atoms with Crippen LogP contribution in [0.3, 0.4) is 0 Å². The molecular weight excluding hydrogens is 526 g/mol. The van der Waals surface area contributed by atoms with Crippen molar-refractivity contribution in [3.63, 3.8) is 0 Å². The molecule has 3 aromatic heterocycles. The number of rotatable bonds is 4. The fourth-order valence-corrected chi connectivity index (χ4v) is 8.28. The summed E-state index contributed by atoms with van der Waals surface area (Å²) in [5.41, 5.74) is 9.94. The minimum Gasteiger partial charge on any atom is -0.486 e. The summed E-state index contributed by atoms with van der Waals surface area (Å²) in [6.45, 7) is 4.75. The lowest BCUT2D eigenvalue weighted by molar-refractivity contribution is -0.100. The van der Waals surface area contributed by atoms with Gasteiger partial charge >= 0.3 is 0 Å². The summed E-state index contributed by atoms with van der Waals surface area (Å²) >= 11 is 1.51. The Hall–Kier alpha value is -2.99. The quantitative estimate of drug-likeness (QED) is 0.491. The van der Waals surface area contributed by atoms with Crippen molar-refractivity contribution >= 4 is 23.4 Å². The Morgan fingerprint density at radius 2 is 1.98 bits per heavy atom.